The normalized spacial score (nSPS) is 8.92. The molecule has 0 aliphatic rings. The Bertz CT molecular complexity index is 394. The Hall–Kier alpha value is -1.81. The van der Waals surface area contributed by atoms with Crippen molar-refractivity contribution in [1.82, 2.24) is 0 Å². The van der Waals surface area contributed by atoms with E-state index in [0.717, 1.165) is 5.56 Å². The minimum absolute atomic E-state index is 0.0205. The lowest BCUT2D eigenvalue weighted by Gasteiger charge is -2.00. The van der Waals surface area contributed by atoms with E-state index >= 15 is 0 Å². The fraction of sp³-hybridized carbons (Fsp3) is 0.0833. The standard InChI is InChI=1S/C12H10O/c1-4-10-6-7-12(9(3)13)8-11(10)5-2/h2,4,6-8H,1H2,3H3. The monoisotopic (exact) mass is 170 g/mol. The van der Waals surface area contributed by atoms with Crippen molar-refractivity contribution in [3.8, 4) is 12.3 Å². The summed E-state index contributed by atoms with van der Waals surface area (Å²) in [6.07, 6.45) is 6.97. The topological polar surface area (TPSA) is 17.1 Å². The first-order valence-corrected chi connectivity index (χ1v) is 3.93. The molecule has 1 aromatic carbocycles. The predicted molar refractivity (Wildman–Crippen MR) is 54.5 cm³/mol. The largest absolute Gasteiger partial charge is 0.295 e. The van der Waals surface area contributed by atoms with Crippen LogP contribution >= 0.6 is 0 Å². The molecule has 0 unspecified atom stereocenters. The van der Waals surface area contributed by atoms with Crippen molar-refractivity contribution < 1.29 is 4.79 Å². The fourth-order valence-corrected chi connectivity index (χ4v) is 1.08. The van der Waals surface area contributed by atoms with Crippen molar-refractivity contribution in [3.63, 3.8) is 0 Å². The molecule has 1 aromatic rings. The lowest BCUT2D eigenvalue weighted by atomic mass is 10.0. The number of hydrogen-bond donors (Lipinski definition) is 0. The quantitative estimate of drug-likeness (QED) is 0.492. The SMILES string of the molecule is C#Cc1cc(C(C)=O)ccc1C=C. The zero-order valence-electron chi connectivity index (χ0n) is 7.50. The molecule has 1 rings (SSSR count). The number of terminal acetylenes is 1. The summed E-state index contributed by atoms with van der Waals surface area (Å²) in [6, 6.07) is 5.26. The molecule has 0 saturated heterocycles. The van der Waals surface area contributed by atoms with Gasteiger partial charge in [0.05, 0.1) is 0 Å². The molecule has 0 spiro atoms. The molecule has 0 saturated carbocycles. The number of hydrogen-bond acceptors (Lipinski definition) is 1. The van der Waals surface area contributed by atoms with Gasteiger partial charge >= 0.3 is 0 Å². The summed E-state index contributed by atoms with van der Waals surface area (Å²) in [5.74, 6) is 2.54. The molecular weight excluding hydrogens is 160 g/mol. The molecule has 0 N–H and O–H groups in total. The molecule has 0 aliphatic heterocycles. The van der Waals surface area contributed by atoms with Crippen LogP contribution in [0.15, 0.2) is 24.8 Å². The lowest BCUT2D eigenvalue weighted by molar-refractivity contribution is 0.101. The Morgan fingerprint density at radius 1 is 1.62 bits per heavy atom. The molecule has 1 heteroatoms. The Labute approximate surface area is 78.1 Å². The van der Waals surface area contributed by atoms with Crippen molar-refractivity contribution in [2.75, 3.05) is 0 Å². The number of Topliss-reactive ketones (excluding diaryl/α,β-unsaturated/α-hetero) is 1. The highest BCUT2D eigenvalue weighted by atomic mass is 16.1. The Morgan fingerprint density at radius 2 is 2.31 bits per heavy atom. The average molecular weight is 170 g/mol. The van der Waals surface area contributed by atoms with Crippen molar-refractivity contribution in [3.05, 3.63) is 41.5 Å². The molecule has 0 amide bonds. The maximum absolute atomic E-state index is 11.0. The summed E-state index contributed by atoms with van der Waals surface area (Å²) in [5, 5.41) is 0. The summed E-state index contributed by atoms with van der Waals surface area (Å²) in [6.45, 7) is 5.15. The first-order chi connectivity index (χ1) is 6.19. The maximum Gasteiger partial charge on any atom is 0.159 e. The van der Waals surface area contributed by atoms with E-state index in [1.165, 1.54) is 6.92 Å². The van der Waals surface area contributed by atoms with Crippen molar-refractivity contribution in [2.45, 2.75) is 6.92 Å². The van der Waals surface area contributed by atoms with Gasteiger partial charge in [-0.25, -0.2) is 0 Å². The van der Waals surface area contributed by atoms with Crippen LogP contribution in [0.5, 0.6) is 0 Å². The van der Waals surface area contributed by atoms with E-state index < -0.39 is 0 Å². The molecule has 0 bridgehead atoms. The van der Waals surface area contributed by atoms with Crippen LogP contribution in [0, 0.1) is 12.3 Å². The summed E-state index contributed by atoms with van der Waals surface area (Å²) >= 11 is 0. The second-order valence-corrected chi connectivity index (χ2v) is 2.71. The number of benzene rings is 1. The Balaban J connectivity index is 3.31. The van der Waals surface area contributed by atoms with Gasteiger partial charge in [-0.05, 0) is 18.6 Å². The molecule has 0 radical (unpaired) electrons. The predicted octanol–water partition coefficient (Wildman–Crippen LogP) is 2.51. The average Bonchev–Trinajstić information content (AvgIpc) is 2.16. The van der Waals surface area contributed by atoms with Gasteiger partial charge in [0.1, 0.15) is 0 Å². The van der Waals surface area contributed by atoms with Crippen molar-refractivity contribution in [1.29, 1.82) is 0 Å². The molecule has 64 valence electrons. The van der Waals surface area contributed by atoms with E-state index in [4.69, 9.17) is 6.42 Å². The molecule has 0 aromatic heterocycles. The number of rotatable bonds is 2. The molecular formula is C12H10O. The molecule has 0 aliphatic carbocycles. The van der Waals surface area contributed by atoms with E-state index in [1.807, 2.05) is 0 Å². The van der Waals surface area contributed by atoms with Crippen LogP contribution in [0.2, 0.25) is 0 Å². The van der Waals surface area contributed by atoms with E-state index in [1.54, 1.807) is 24.3 Å². The molecule has 13 heavy (non-hydrogen) atoms. The van der Waals surface area contributed by atoms with Crippen LogP contribution in [-0.2, 0) is 0 Å². The molecule has 0 fully saturated rings. The van der Waals surface area contributed by atoms with E-state index in [0.29, 0.717) is 11.1 Å². The fourth-order valence-electron chi connectivity index (χ4n) is 1.08. The van der Waals surface area contributed by atoms with Crippen LogP contribution in [0.3, 0.4) is 0 Å². The van der Waals surface area contributed by atoms with E-state index in [9.17, 15) is 4.79 Å². The Morgan fingerprint density at radius 3 is 2.77 bits per heavy atom. The minimum atomic E-state index is 0.0205. The van der Waals surface area contributed by atoms with E-state index in [2.05, 4.69) is 12.5 Å². The number of ketones is 1. The molecule has 0 heterocycles. The van der Waals surface area contributed by atoms with Crippen molar-refractivity contribution >= 4 is 11.9 Å². The van der Waals surface area contributed by atoms with Crippen LogP contribution < -0.4 is 0 Å². The summed E-state index contributed by atoms with van der Waals surface area (Å²) < 4.78 is 0. The highest BCUT2D eigenvalue weighted by molar-refractivity contribution is 5.94. The molecule has 1 nitrogen and oxygen atoms in total. The first-order valence-electron chi connectivity index (χ1n) is 3.93. The van der Waals surface area contributed by atoms with Crippen LogP contribution in [0.1, 0.15) is 28.4 Å². The zero-order valence-corrected chi connectivity index (χ0v) is 7.50. The van der Waals surface area contributed by atoms with Crippen LogP contribution in [0.4, 0.5) is 0 Å². The third kappa shape index (κ3) is 1.86. The lowest BCUT2D eigenvalue weighted by Crippen LogP contribution is -1.93. The number of carbonyl (C=O) groups excluding carboxylic acids is 1. The van der Waals surface area contributed by atoms with Gasteiger partial charge in [0.15, 0.2) is 5.78 Å². The minimum Gasteiger partial charge on any atom is -0.295 e. The van der Waals surface area contributed by atoms with Crippen LogP contribution in [0.25, 0.3) is 6.08 Å². The second kappa shape index (κ2) is 3.73. The smallest absolute Gasteiger partial charge is 0.159 e. The second-order valence-electron chi connectivity index (χ2n) is 2.71. The first kappa shape index (κ1) is 9.28. The van der Waals surface area contributed by atoms with Gasteiger partial charge in [0.2, 0.25) is 0 Å². The third-order valence-corrected chi connectivity index (χ3v) is 1.84. The zero-order chi connectivity index (χ0) is 9.84. The number of carbonyl (C=O) groups is 1. The summed E-state index contributed by atoms with van der Waals surface area (Å²) in [7, 11) is 0. The van der Waals surface area contributed by atoms with Gasteiger partial charge in [0.25, 0.3) is 0 Å². The van der Waals surface area contributed by atoms with Crippen molar-refractivity contribution in [2.24, 2.45) is 0 Å². The molecule has 0 atom stereocenters. The summed E-state index contributed by atoms with van der Waals surface area (Å²) in [4.78, 5) is 11.0. The van der Waals surface area contributed by atoms with Crippen LogP contribution in [-0.4, -0.2) is 5.78 Å². The third-order valence-electron chi connectivity index (χ3n) is 1.84. The summed E-state index contributed by atoms with van der Waals surface area (Å²) in [5.41, 5.74) is 2.23. The van der Waals surface area contributed by atoms with Gasteiger partial charge in [-0.15, -0.1) is 6.42 Å². The van der Waals surface area contributed by atoms with Gasteiger partial charge < -0.3 is 0 Å². The highest BCUT2D eigenvalue weighted by Gasteiger charge is 2.02. The van der Waals surface area contributed by atoms with E-state index in [-0.39, 0.29) is 5.78 Å². The maximum atomic E-state index is 11.0. The van der Waals surface area contributed by atoms with Gasteiger partial charge in [-0.2, -0.15) is 0 Å². The van der Waals surface area contributed by atoms with Gasteiger partial charge in [-0.3, -0.25) is 4.79 Å². The van der Waals surface area contributed by atoms with Gasteiger partial charge in [0, 0.05) is 11.1 Å². The highest BCUT2D eigenvalue weighted by Crippen LogP contribution is 2.12. The Kier molecular flexibility index (Phi) is 2.66. The van der Waals surface area contributed by atoms with Gasteiger partial charge in [-0.1, -0.05) is 30.7 Å².